The minimum absolute atomic E-state index is 0.931. The maximum Gasteiger partial charge on any atom is 0.0349 e. The fourth-order valence-electron chi connectivity index (χ4n) is 1.64. The molecule has 1 aromatic carbocycles. The molecule has 0 saturated heterocycles. The van der Waals surface area contributed by atoms with Crippen LogP contribution in [0.25, 0.3) is 16.5 Å². The zero-order chi connectivity index (χ0) is 12.8. The molecule has 0 aliphatic rings. The Labute approximate surface area is 121 Å². The summed E-state index contributed by atoms with van der Waals surface area (Å²) in [5.41, 5.74) is 1.26. The van der Waals surface area contributed by atoms with Gasteiger partial charge in [0.05, 0.1) is 0 Å². The third-order valence-corrected chi connectivity index (χ3v) is 4.12. The summed E-state index contributed by atoms with van der Waals surface area (Å²) in [6.07, 6.45) is 4.34. The van der Waals surface area contributed by atoms with Gasteiger partial charge in [-0.2, -0.15) is 0 Å². The number of halogens is 1. The van der Waals surface area contributed by atoms with E-state index in [1.807, 2.05) is 17.4 Å². The van der Waals surface area contributed by atoms with Crippen LogP contribution < -0.4 is 5.32 Å². The molecule has 0 atom stereocenters. The molecule has 0 saturated carbocycles. The Bertz CT molecular complexity index is 531. The summed E-state index contributed by atoms with van der Waals surface area (Å²) in [4.78, 5) is 2.60. The van der Waals surface area contributed by atoms with Crippen molar-refractivity contribution in [2.75, 3.05) is 13.1 Å². The van der Waals surface area contributed by atoms with Gasteiger partial charge in [0.1, 0.15) is 0 Å². The Morgan fingerprint density at radius 3 is 2.94 bits per heavy atom. The molecule has 2 rings (SSSR count). The Hall–Kier alpha value is -0.900. The van der Waals surface area contributed by atoms with E-state index in [9.17, 15) is 0 Å². The van der Waals surface area contributed by atoms with Gasteiger partial charge in [-0.15, -0.1) is 11.3 Å². The summed E-state index contributed by atoms with van der Waals surface area (Å²) >= 11 is 5.33. The number of thiophene rings is 1. The molecule has 3 heteroatoms. The van der Waals surface area contributed by atoms with Gasteiger partial charge in [0.2, 0.25) is 0 Å². The smallest absolute Gasteiger partial charge is 0.0349 e. The highest BCUT2D eigenvalue weighted by Gasteiger charge is 2.01. The zero-order valence-electron chi connectivity index (χ0n) is 10.3. The molecule has 0 unspecified atom stereocenters. The Morgan fingerprint density at radius 2 is 2.17 bits per heavy atom. The van der Waals surface area contributed by atoms with Crippen molar-refractivity contribution in [1.29, 1.82) is 0 Å². The normalized spacial score (nSPS) is 11.2. The minimum atomic E-state index is 0.931. The average Bonchev–Trinajstić information content (AvgIpc) is 2.83. The van der Waals surface area contributed by atoms with Crippen molar-refractivity contribution in [3.63, 3.8) is 0 Å². The monoisotopic (exact) mass is 321 g/mol. The molecule has 1 heterocycles. The third kappa shape index (κ3) is 3.80. The standard InChI is InChI=1S/C15H16BrNS/c1-2-17-10-4-7-14-8-9-15(18-14)12-5-3-6-13(16)11-12/h3-9,11,17H,2,10H2,1H3. The van der Waals surface area contributed by atoms with Crippen molar-refractivity contribution >= 4 is 33.3 Å². The third-order valence-electron chi connectivity index (χ3n) is 2.53. The van der Waals surface area contributed by atoms with Gasteiger partial charge in [-0.25, -0.2) is 0 Å². The summed E-state index contributed by atoms with van der Waals surface area (Å²) in [5.74, 6) is 0. The van der Waals surface area contributed by atoms with E-state index in [1.54, 1.807) is 0 Å². The van der Waals surface area contributed by atoms with Gasteiger partial charge in [0.25, 0.3) is 0 Å². The predicted molar refractivity (Wildman–Crippen MR) is 85.0 cm³/mol. The molecule has 0 fully saturated rings. The van der Waals surface area contributed by atoms with Gasteiger partial charge in [0.15, 0.2) is 0 Å². The molecule has 2 aromatic rings. The number of rotatable bonds is 5. The molecule has 18 heavy (non-hydrogen) atoms. The first-order chi connectivity index (χ1) is 8.79. The van der Waals surface area contributed by atoms with E-state index in [2.05, 4.69) is 70.7 Å². The van der Waals surface area contributed by atoms with Crippen LogP contribution in [0, 0.1) is 0 Å². The lowest BCUT2D eigenvalue weighted by atomic mass is 10.2. The van der Waals surface area contributed by atoms with Gasteiger partial charge in [-0.05, 0) is 42.4 Å². The summed E-state index contributed by atoms with van der Waals surface area (Å²) < 4.78 is 1.12. The van der Waals surface area contributed by atoms with Crippen molar-refractivity contribution in [1.82, 2.24) is 5.32 Å². The van der Waals surface area contributed by atoms with Crippen LogP contribution in [0.5, 0.6) is 0 Å². The van der Waals surface area contributed by atoms with Crippen molar-refractivity contribution in [2.24, 2.45) is 0 Å². The number of hydrogen-bond donors (Lipinski definition) is 1. The van der Waals surface area contributed by atoms with E-state index < -0.39 is 0 Å². The summed E-state index contributed by atoms with van der Waals surface area (Å²) in [6, 6.07) is 12.8. The van der Waals surface area contributed by atoms with Crippen LogP contribution in [0.15, 0.2) is 46.9 Å². The molecular formula is C15H16BrNS. The van der Waals surface area contributed by atoms with Crippen molar-refractivity contribution in [3.05, 3.63) is 51.8 Å². The molecular weight excluding hydrogens is 306 g/mol. The molecule has 0 radical (unpaired) electrons. The van der Waals surface area contributed by atoms with Crippen LogP contribution >= 0.6 is 27.3 Å². The number of nitrogens with one attached hydrogen (secondary N) is 1. The molecule has 1 N–H and O–H groups in total. The molecule has 0 aliphatic carbocycles. The van der Waals surface area contributed by atoms with Crippen molar-refractivity contribution in [2.45, 2.75) is 6.92 Å². The van der Waals surface area contributed by atoms with Crippen LogP contribution in [0.1, 0.15) is 11.8 Å². The van der Waals surface area contributed by atoms with Crippen LogP contribution in [0.3, 0.4) is 0 Å². The fraction of sp³-hybridized carbons (Fsp3) is 0.200. The molecule has 0 amide bonds. The SMILES string of the molecule is CCNCC=Cc1ccc(-c2cccc(Br)c2)s1. The molecule has 94 valence electrons. The van der Waals surface area contributed by atoms with Gasteiger partial charge in [-0.3, -0.25) is 0 Å². The minimum Gasteiger partial charge on any atom is -0.314 e. The number of hydrogen-bond acceptors (Lipinski definition) is 2. The van der Waals surface area contributed by atoms with Crippen molar-refractivity contribution < 1.29 is 0 Å². The first-order valence-corrected chi connectivity index (χ1v) is 7.63. The maximum atomic E-state index is 3.51. The fourth-order valence-corrected chi connectivity index (χ4v) is 2.98. The largest absolute Gasteiger partial charge is 0.314 e. The van der Waals surface area contributed by atoms with Gasteiger partial charge < -0.3 is 5.32 Å². The first kappa shape index (κ1) is 13.5. The van der Waals surface area contributed by atoms with E-state index in [1.165, 1.54) is 15.3 Å². The molecule has 1 nitrogen and oxygen atoms in total. The van der Waals surface area contributed by atoms with E-state index in [0.29, 0.717) is 0 Å². The highest BCUT2D eigenvalue weighted by Crippen LogP contribution is 2.30. The lowest BCUT2D eigenvalue weighted by Crippen LogP contribution is -2.11. The second-order valence-electron chi connectivity index (χ2n) is 3.92. The first-order valence-electron chi connectivity index (χ1n) is 6.02. The molecule has 1 aromatic heterocycles. The Morgan fingerprint density at radius 1 is 1.28 bits per heavy atom. The molecule has 0 aliphatic heterocycles. The lowest BCUT2D eigenvalue weighted by molar-refractivity contribution is 0.801. The second-order valence-corrected chi connectivity index (χ2v) is 5.95. The van der Waals surface area contributed by atoms with Crippen LogP contribution in [-0.2, 0) is 0 Å². The highest BCUT2D eigenvalue weighted by molar-refractivity contribution is 9.10. The Balaban J connectivity index is 2.08. The van der Waals surface area contributed by atoms with Crippen LogP contribution in [0.4, 0.5) is 0 Å². The zero-order valence-corrected chi connectivity index (χ0v) is 12.7. The average molecular weight is 322 g/mol. The van der Waals surface area contributed by atoms with E-state index >= 15 is 0 Å². The summed E-state index contributed by atoms with van der Waals surface area (Å²) in [5, 5.41) is 3.28. The van der Waals surface area contributed by atoms with Crippen LogP contribution in [-0.4, -0.2) is 13.1 Å². The van der Waals surface area contributed by atoms with Gasteiger partial charge in [0, 0.05) is 20.8 Å². The van der Waals surface area contributed by atoms with Crippen LogP contribution in [0.2, 0.25) is 0 Å². The summed E-state index contributed by atoms with van der Waals surface area (Å²) in [6.45, 7) is 4.06. The maximum absolute atomic E-state index is 3.51. The molecule has 0 spiro atoms. The van der Waals surface area contributed by atoms with Gasteiger partial charge >= 0.3 is 0 Å². The number of benzene rings is 1. The van der Waals surface area contributed by atoms with E-state index in [0.717, 1.165) is 17.6 Å². The number of likely N-dealkylation sites (N-methyl/N-ethyl adjacent to an activating group) is 1. The highest BCUT2D eigenvalue weighted by atomic mass is 79.9. The quantitative estimate of drug-likeness (QED) is 0.780. The van der Waals surface area contributed by atoms with E-state index in [4.69, 9.17) is 0 Å². The second kappa shape index (κ2) is 6.88. The molecule has 0 bridgehead atoms. The topological polar surface area (TPSA) is 12.0 Å². The Kier molecular flexibility index (Phi) is 5.17. The van der Waals surface area contributed by atoms with Crippen molar-refractivity contribution in [3.8, 4) is 10.4 Å². The van der Waals surface area contributed by atoms with E-state index in [-0.39, 0.29) is 0 Å². The summed E-state index contributed by atoms with van der Waals surface area (Å²) in [7, 11) is 0. The predicted octanol–water partition coefficient (Wildman–Crippen LogP) is 4.80. The van der Waals surface area contributed by atoms with Gasteiger partial charge in [-0.1, -0.05) is 41.1 Å². The lowest BCUT2D eigenvalue weighted by Gasteiger charge is -1.97.